The minimum Gasteiger partial charge on any atom is -0.325 e. The fourth-order valence-electron chi connectivity index (χ4n) is 2.03. The molecule has 22 heavy (non-hydrogen) atoms. The van der Waals surface area contributed by atoms with Gasteiger partial charge in [0.05, 0.1) is 0 Å². The fraction of sp³-hybridized carbons (Fsp3) is 0.188. The summed E-state index contributed by atoms with van der Waals surface area (Å²) in [6.07, 6.45) is 1.57. The highest BCUT2D eigenvalue weighted by molar-refractivity contribution is 9.10. The zero-order valence-corrected chi connectivity index (χ0v) is 13.8. The van der Waals surface area contributed by atoms with Crippen molar-refractivity contribution in [2.75, 3.05) is 5.32 Å². The number of pyridine rings is 1. The molecule has 6 heteroatoms. The lowest BCUT2D eigenvalue weighted by atomic mass is 10.1. The molecule has 0 aliphatic heterocycles. The normalized spacial score (nSPS) is 10.3. The maximum atomic E-state index is 12.1. The second-order valence-corrected chi connectivity index (χ2v) is 5.88. The van der Waals surface area contributed by atoms with E-state index in [0.717, 1.165) is 4.47 Å². The van der Waals surface area contributed by atoms with Crippen LogP contribution in [0.3, 0.4) is 0 Å². The van der Waals surface area contributed by atoms with E-state index in [-0.39, 0.29) is 23.8 Å². The monoisotopic (exact) mass is 362 g/mol. The highest BCUT2D eigenvalue weighted by Gasteiger charge is 2.08. The van der Waals surface area contributed by atoms with Crippen molar-refractivity contribution in [3.8, 4) is 0 Å². The summed E-state index contributed by atoms with van der Waals surface area (Å²) in [6, 6.07) is 8.38. The number of hydrogen-bond acceptors (Lipinski definition) is 3. The van der Waals surface area contributed by atoms with E-state index >= 15 is 0 Å². The van der Waals surface area contributed by atoms with E-state index < -0.39 is 0 Å². The number of Topliss-reactive ketones (excluding diaryl/α,β-unsaturated/α-hetero) is 1. The Balaban J connectivity index is 2.16. The van der Waals surface area contributed by atoms with Crippen molar-refractivity contribution >= 4 is 33.3 Å². The van der Waals surface area contributed by atoms with Gasteiger partial charge >= 0.3 is 0 Å². The van der Waals surface area contributed by atoms with E-state index in [9.17, 15) is 14.4 Å². The summed E-state index contributed by atoms with van der Waals surface area (Å²) < 4.78 is 2.07. The lowest BCUT2D eigenvalue weighted by molar-refractivity contribution is -0.116. The summed E-state index contributed by atoms with van der Waals surface area (Å²) in [4.78, 5) is 35.4. The number of nitrogens with zero attached hydrogens (tertiary/aromatic N) is 1. The molecule has 0 saturated heterocycles. The maximum absolute atomic E-state index is 12.1. The quantitative estimate of drug-likeness (QED) is 0.850. The highest BCUT2D eigenvalue weighted by atomic mass is 79.9. The van der Waals surface area contributed by atoms with Gasteiger partial charge in [0.25, 0.3) is 5.56 Å². The van der Waals surface area contributed by atoms with Gasteiger partial charge in [0.1, 0.15) is 6.54 Å². The molecule has 1 aromatic carbocycles. The van der Waals surface area contributed by atoms with Crippen LogP contribution >= 0.6 is 15.9 Å². The third-order valence-corrected chi connectivity index (χ3v) is 3.53. The molecule has 2 aromatic rings. The molecule has 0 radical (unpaired) electrons. The average Bonchev–Trinajstić information content (AvgIpc) is 2.44. The van der Waals surface area contributed by atoms with Crippen molar-refractivity contribution in [3.63, 3.8) is 0 Å². The van der Waals surface area contributed by atoms with Crippen LogP contribution in [0, 0.1) is 6.92 Å². The van der Waals surface area contributed by atoms with Gasteiger partial charge < -0.3 is 9.88 Å². The summed E-state index contributed by atoms with van der Waals surface area (Å²) in [6.45, 7) is 3.06. The number of carbonyl (C=O) groups excluding carboxylic acids is 2. The van der Waals surface area contributed by atoms with E-state index in [2.05, 4.69) is 21.2 Å². The Morgan fingerprint density at radius 2 is 2.00 bits per heavy atom. The number of aryl methyl sites for hydroxylation is 1. The van der Waals surface area contributed by atoms with Gasteiger partial charge in [-0.25, -0.2) is 0 Å². The lowest BCUT2D eigenvalue weighted by Crippen LogP contribution is -2.28. The number of ketones is 1. The first-order valence-corrected chi connectivity index (χ1v) is 7.43. The van der Waals surface area contributed by atoms with Crippen LogP contribution in [0.2, 0.25) is 0 Å². The molecule has 1 heterocycles. The van der Waals surface area contributed by atoms with Gasteiger partial charge in [0, 0.05) is 27.5 Å². The van der Waals surface area contributed by atoms with Crippen molar-refractivity contribution in [1.29, 1.82) is 0 Å². The smallest absolute Gasteiger partial charge is 0.253 e. The van der Waals surface area contributed by atoms with Crippen molar-refractivity contribution < 1.29 is 9.59 Å². The maximum Gasteiger partial charge on any atom is 0.253 e. The molecule has 1 N–H and O–H groups in total. The molecule has 0 spiro atoms. The van der Waals surface area contributed by atoms with Gasteiger partial charge in [-0.1, -0.05) is 12.1 Å². The molecule has 0 aliphatic rings. The molecule has 0 aliphatic carbocycles. The van der Waals surface area contributed by atoms with Gasteiger partial charge in [0.15, 0.2) is 5.78 Å². The molecule has 0 fully saturated rings. The van der Waals surface area contributed by atoms with Crippen LogP contribution in [0.4, 0.5) is 5.69 Å². The third-order valence-electron chi connectivity index (χ3n) is 3.10. The molecule has 0 saturated carbocycles. The molecule has 1 aromatic heterocycles. The summed E-state index contributed by atoms with van der Waals surface area (Å²) >= 11 is 3.30. The summed E-state index contributed by atoms with van der Waals surface area (Å²) in [5.41, 5.74) is 1.39. The summed E-state index contributed by atoms with van der Waals surface area (Å²) in [5.74, 6) is -0.407. The van der Waals surface area contributed by atoms with Crippen molar-refractivity contribution in [2.24, 2.45) is 0 Å². The summed E-state index contributed by atoms with van der Waals surface area (Å²) in [7, 11) is 0. The lowest BCUT2D eigenvalue weighted by Gasteiger charge is -2.09. The van der Waals surface area contributed by atoms with E-state index in [4.69, 9.17) is 0 Å². The Morgan fingerprint density at radius 1 is 1.27 bits per heavy atom. The fourth-order valence-corrected chi connectivity index (χ4v) is 2.62. The predicted molar refractivity (Wildman–Crippen MR) is 88.2 cm³/mol. The first-order valence-electron chi connectivity index (χ1n) is 6.64. The molecule has 114 valence electrons. The number of amides is 1. The molecule has 2 rings (SSSR count). The van der Waals surface area contributed by atoms with E-state index in [0.29, 0.717) is 16.8 Å². The number of halogens is 1. The predicted octanol–water partition coefficient (Wildman–Crippen LogP) is 2.76. The topological polar surface area (TPSA) is 68.2 Å². The first kappa shape index (κ1) is 16.2. The van der Waals surface area contributed by atoms with Gasteiger partial charge in [-0.15, -0.1) is 0 Å². The standard InChI is InChI=1S/C16H15BrN2O3/c1-10-6-13(17)8-19(16(10)22)9-15(21)18-14-5-3-4-12(7-14)11(2)20/h3-8H,9H2,1-2H3,(H,18,21). The van der Waals surface area contributed by atoms with Crippen LogP contribution in [0.5, 0.6) is 0 Å². The number of anilines is 1. The Morgan fingerprint density at radius 3 is 2.68 bits per heavy atom. The highest BCUT2D eigenvalue weighted by Crippen LogP contribution is 2.12. The minimum absolute atomic E-state index is 0.0741. The molecule has 0 atom stereocenters. The van der Waals surface area contributed by atoms with Crippen molar-refractivity contribution in [2.45, 2.75) is 20.4 Å². The van der Waals surface area contributed by atoms with E-state index in [1.165, 1.54) is 11.5 Å². The Kier molecular flexibility index (Phi) is 4.92. The van der Waals surface area contributed by atoms with Gasteiger partial charge in [-0.2, -0.15) is 0 Å². The number of carbonyl (C=O) groups is 2. The van der Waals surface area contributed by atoms with Crippen LogP contribution in [-0.4, -0.2) is 16.3 Å². The molecular formula is C16H15BrN2O3. The SMILES string of the molecule is CC(=O)c1cccc(NC(=O)Cn2cc(Br)cc(C)c2=O)c1. The Hall–Kier alpha value is -2.21. The van der Waals surface area contributed by atoms with Crippen LogP contribution in [0.25, 0.3) is 0 Å². The Labute approximate surface area is 136 Å². The number of nitrogens with one attached hydrogen (secondary N) is 1. The zero-order chi connectivity index (χ0) is 16.3. The summed E-state index contributed by atoms with van der Waals surface area (Å²) in [5, 5.41) is 2.69. The molecule has 5 nitrogen and oxygen atoms in total. The molecule has 0 unspecified atom stereocenters. The first-order chi connectivity index (χ1) is 10.4. The Bertz CT molecular complexity index is 796. The second kappa shape index (κ2) is 6.70. The van der Waals surface area contributed by atoms with Gasteiger partial charge in [-0.3, -0.25) is 14.4 Å². The van der Waals surface area contributed by atoms with Gasteiger partial charge in [-0.05, 0) is 48.0 Å². The minimum atomic E-state index is -0.333. The average molecular weight is 363 g/mol. The van der Waals surface area contributed by atoms with E-state index in [1.54, 1.807) is 43.5 Å². The van der Waals surface area contributed by atoms with Crippen LogP contribution in [0.15, 0.2) is 45.8 Å². The third kappa shape index (κ3) is 3.92. The number of benzene rings is 1. The molecule has 0 bridgehead atoms. The van der Waals surface area contributed by atoms with Crippen LogP contribution < -0.4 is 10.9 Å². The number of hydrogen-bond donors (Lipinski definition) is 1. The van der Waals surface area contributed by atoms with Gasteiger partial charge in [0.2, 0.25) is 5.91 Å². The van der Waals surface area contributed by atoms with Crippen LogP contribution in [-0.2, 0) is 11.3 Å². The van der Waals surface area contributed by atoms with Crippen molar-refractivity contribution in [1.82, 2.24) is 4.57 Å². The van der Waals surface area contributed by atoms with Crippen molar-refractivity contribution in [3.05, 3.63) is 62.5 Å². The molecule has 1 amide bonds. The second-order valence-electron chi connectivity index (χ2n) is 4.96. The zero-order valence-electron chi connectivity index (χ0n) is 12.2. The van der Waals surface area contributed by atoms with E-state index in [1.807, 2.05) is 0 Å². The number of rotatable bonds is 4. The molecular weight excluding hydrogens is 348 g/mol. The largest absolute Gasteiger partial charge is 0.325 e. The number of aromatic nitrogens is 1. The van der Waals surface area contributed by atoms with Crippen LogP contribution in [0.1, 0.15) is 22.8 Å².